The average molecular weight is 409 g/mol. The topological polar surface area (TPSA) is 53.0 Å². The highest BCUT2D eigenvalue weighted by molar-refractivity contribution is 6.32. The summed E-state index contributed by atoms with van der Waals surface area (Å²) < 4.78 is 5.37. The molecule has 1 aliphatic heterocycles. The summed E-state index contributed by atoms with van der Waals surface area (Å²) in [6, 6.07) is 8.87. The second-order valence-electron chi connectivity index (χ2n) is 6.45. The highest BCUT2D eigenvalue weighted by Gasteiger charge is 2.24. The second-order valence-corrected chi connectivity index (χ2v) is 7.29. The smallest absolute Gasteiger partial charge is 0.254 e. The van der Waals surface area contributed by atoms with Gasteiger partial charge in [0.25, 0.3) is 5.91 Å². The molecule has 5 nitrogen and oxygen atoms in total. The number of piperazine rings is 1. The van der Waals surface area contributed by atoms with E-state index in [4.69, 9.17) is 27.9 Å². The molecule has 3 rings (SSSR count). The van der Waals surface area contributed by atoms with E-state index in [1.165, 1.54) is 6.07 Å². The Morgan fingerprint density at radius 2 is 1.85 bits per heavy atom. The molecule has 144 valence electrons. The maximum atomic E-state index is 12.9. The fourth-order valence-electron chi connectivity index (χ4n) is 3.22. The van der Waals surface area contributed by atoms with Crippen LogP contribution in [0.15, 0.2) is 30.3 Å². The Bertz CT molecular complexity index is 849. The predicted octanol–water partition coefficient (Wildman–Crippen LogP) is 4.37. The normalized spacial score (nSPS) is 14.4. The number of aromatic hydroxyl groups is 1. The summed E-state index contributed by atoms with van der Waals surface area (Å²) in [6.07, 6.45) is 0. The van der Waals surface area contributed by atoms with Crippen LogP contribution in [0.5, 0.6) is 11.5 Å². The molecule has 1 aliphatic rings. The van der Waals surface area contributed by atoms with E-state index in [1.54, 1.807) is 17.9 Å². The average Bonchev–Trinajstić information content (AvgIpc) is 2.67. The maximum Gasteiger partial charge on any atom is 0.254 e. The van der Waals surface area contributed by atoms with Gasteiger partial charge in [0.05, 0.1) is 11.6 Å². The van der Waals surface area contributed by atoms with E-state index in [0.717, 1.165) is 24.3 Å². The van der Waals surface area contributed by atoms with Crippen molar-refractivity contribution >= 4 is 34.8 Å². The number of hydrogen-bond donors (Lipinski definition) is 1. The third-order valence-electron chi connectivity index (χ3n) is 4.65. The monoisotopic (exact) mass is 408 g/mol. The summed E-state index contributed by atoms with van der Waals surface area (Å²) in [5.74, 6) is -0.0434. The number of nitrogens with zero attached hydrogens (tertiary/aromatic N) is 2. The number of hydrogen-bond acceptors (Lipinski definition) is 4. The van der Waals surface area contributed by atoms with Crippen LogP contribution in [0.1, 0.15) is 22.8 Å². The van der Waals surface area contributed by atoms with Gasteiger partial charge in [-0.25, -0.2) is 0 Å². The Morgan fingerprint density at radius 3 is 2.52 bits per heavy atom. The van der Waals surface area contributed by atoms with E-state index < -0.39 is 0 Å². The quantitative estimate of drug-likeness (QED) is 0.815. The minimum absolute atomic E-state index is 0.109. The Kier molecular flexibility index (Phi) is 6.02. The first kappa shape index (κ1) is 19.6. The number of phenolic OH excluding ortho intramolecular Hbond substituents is 1. The summed E-state index contributed by atoms with van der Waals surface area (Å²) >= 11 is 12.2. The van der Waals surface area contributed by atoms with Gasteiger partial charge < -0.3 is 19.6 Å². The molecule has 1 N–H and O–H groups in total. The molecule has 0 spiro atoms. The number of carbonyl (C=O) groups excluding carboxylic acids is 1. The van der Waals surface area contributed by atoms with Crippen LogP contribution in [0, 0.1) is 6.92 Å². The van der Waals surface area contributed by atoms with Crippen molar-refractivity contribution < 1.29 is 14.6 Å². The van der Waals surface area contributed by atoms with E-state index in [2.05, 4.69) is 11.8 Å². The van der Waals surface area contributed by atoms with Crippen LogP contribution in [0.2, 0.25) is 10.0 Å². The number of anilines is 1. The molecule has 0 atom stereocenters. The van der Waals surface area contributed by atoms with Crippen molar-refractivity contribution in [3.63, 3.8) is 0 Å². The Balaban J connectivity index is 1.73. The van der Waals surface area contributed by atoms with E-state index in [1.807, 2.05) is 18.2 Å². The van der Waals surface area contributed by atoms with Crippen LogP contribution in [-0.2, 0) is 0 Å². The van der Waals surface area contributed by atoms with Gasteiger partial charge in [-0.3, -0.25) is 4.79 Å². The third kappa shape index (κ3) is 4.25. The molecule has 0 unspecified atom stereocenters. The fourth-order valence-corrected chi connectivity index (χ4v) is 3.60. The van der Waals surface area contributed by atoms with Crippen molar-refractivity contribution in [2.24, 2.45) is 0 Å². The largest absolute Gasteiger partial charge is 0.503 e. The van der Waals surface area contributed by atoms with Crippen LogP contribution < -0.4 is 9.64 Å². The molecule has 1 saturated heterocycles. The number of halogens is 2. The molecular formula is C20H22Cl2N2O3. The molecule has 2 aromatic carbocycles. The highest BCUT2D eigenvalue weighted by atomic mass is 35.5. The van der Waals surface area contributed by atoms with E-state index in [0.29, 0.717) is 30.3 Å². The van der Waals surface area contributed by atoms with Gasteiger partial charge in [0.2, 0.25) is 0 Å². The van der Waals surface area contributed by atoms with Gasteiger partial charge >= 0.3 is 0 Å². The molecule has 0 aromatic heterocycles. The van der Waals surface area contributed by atoms with Crippen molar-refractivity contribution in [1.82, 2.24) is 4.90 Å². The van der Waals surface area contributed by atoms with Crippen LogP contribution in [0.3, 0.4) is 0 Å². The van der Waals surface area contributed by atoms with Gasteiger partial charge in [-0.2, -0.15) is 0 Å². The first-order valence-electron chi connectivity index (χ1n) is 8.86. The lowest BCUT2D eigenvalue weighted by molar-refractivity contribution is 0.0746. The van der Waals surface area contributed by atoms with Gasteiger partial charge in [0, 0.05) is 42.5 Å². The van der Waals surface area contributed by atoms with Crippen molar-refractivity contribution in [2.75, 3.05) is 37.7 Å². The maximum absolute atomic E-state index is 12.9. The highest BCUT2D eigenvalue weighted by Crippen LogP contribution is 2.35. The van der Waals surface area contributed by atoms with Gasteiger partial charge in [-0.1, -0.05) is 29.3 Å². The zero-order valence-electron chi connectivity index (χ0n) is 15.3. The van der Waals surface area contributed by atoms with Crippen LogP contribution in [0.4, 0.5) is 5.69 Å². The predicted molar refractivity (Wildman–Crippen MR) is 109 cm³/mol. The number of phenols is 1. The van der Waals surface area contributed by atoms with Gasteiger partial charge in [0.15, 0.2) is 11.5 Å². The lowest BCUT2D eigenvalue weighted by Crippen LogP contribution is -2.49. The summed E-state index contributed by atoms with van der Waals surface area (Å²) in [4.78, 5) is 16.9. The number of amides is 1. The molecule has 0 bridgehead atoms. The van der Waals surface area contributed by atoms with Crippen molar-refractivity contribution in [1.29, 1.82) is 0 Å². The number of benzene rings is 2. The molecule has 1 fully saturated rings. The van der Waals surface area contributed by atoms with Gasteiger partial charge in [-0.15, -0.1) is 0 Å². The summed E-state index contributed by atoms with van der Waals surface area (Å²) in [5.41, 5.74) is 2.67. The molecule has 0 aliphatic carbocycles. The summed E-state index contributed by atoms with van der Waals surface area (Å²) in [5, 5.41) is 10.8. The van der Waals surface area contributed by atoms with Crippen molar-refractivity contribution in [3.05, 3.63) is 51.5 Å². The zero-order valence-corrected chi connectivity index (χ0v) is 16.8. The fraction of sp³-hybridized carbons (Fsp3) is 0.350. The Labute approximate surface area is 169 Å². The first-order chi connectivity index (χ1) is 12.9. The molecule has 1 heterocycles. The van der Waals surface area contributed by atoms with Crippen molar-refractivity contribution in [2.45, 2.75) is 13.8 Å². The third-order valence-corrected chi connectivity index (χ3v) is 5.18. The molecule has 27 heavy (non-hydrogen) atoms. The van der Waals surface area contributed by atoms with Crippen molar-refractivity contribution in [3.8, 4) is 11.5 Å². The molecule has 1 amide bonds. The lowest BCUT2D eigenvalue weighted by Gasteiger charge is -2.37. The van der Waals surface area contributed by atoms with Gasteiger partial charge in [0.1, 0.15) is 0 Å². The number of aryl methyl sites for hydroxylation is 1. The Morgan fingerprint density at radius 1 is 1.15 bits per heavy atom. The van der Waals surface area contributed by atoms with E-state index in [9.17, 15) is 9.90 Å². The number of rotatable bonds is 4. The minimum Gasteiger partial charge on any atom is -0.503 e. The van der Waals surface area contributed by atoms with Gasteiger partial charge in [-0.05, 0) is 43.7 Å². The summed E-state index contributed by atoms with van der Waals surface area (Å²) in [6.45, 7) is 6.85. The van der Waals surface area contributed by atoms with E-state index >= 15 is 0 Å². The summed E-state index contributed by atoms with van der Waals surface area (Å²) in [7, 11) is 0. The lowest BCUT2D eigenvalue weighted by atomic mass is 10.1. The number of carbonyl (C=O) groups is 1. The zero-order chi connectivity index (χ0) is 19.6. The molecule has 2 aromatic rings. The van der Waals surface area contributed by atoms with E-state index in [-0.39, 0.29) is 22.4 Å². The Hall–Kier alpha value is -2.11. The number of ether oxygens (including phenoxy) is 1. The standard InChI is InChI=1S/C20H22Cl2N2O3/c1-3-27-18-11-14(10-16(22)19(18)25)20(26)24-8-6-23(7-9-24)17-12-15(21)5-4-13(17)2/h4-5,10-12,25H,3,6-9H2,1-2H3. The second kappa shape index (κ2) is 8.28. The van der Waals surface area contributed by atoms with Crippen LogP contribution in [0.25, 0.3) is 0 Å². The SMILES string of the molecule is CCOc1cc(C(=O)N2CCN(c3cc(Cl)ccc3C)CC2)cc(Cl)c1O. The minimum atomic E-state index is -0.142. The first-order valence-corrected chi connectivity index (χ1v) is 9.62. The van der Waals surface area contributed by atoms with Crippen LogP contribution >= 0.6 is 23.2 Å². The molecule has 0 radical (unpaired) electrons. The van der Waals surface area contributed by atoms with Crippen LogP contribution in [-0.4, -0.2) is 48.7 Å². The molecular weight excluding hydrogens is 387 g/mol. The molecule has 7 heteroatoms. The molecule has 0 saturated carbocycles.